The molecule has 0 saturated heterocycles. The normalized spacial score (nSPS) is 16.9. The zero-order chi connectivity index (χ0) is 29.2. The van der Waals surface area contributed by atoms with Gasteiger partial charge in [0.05, 0.1) is 29.2 Å². The van der Waals surface area contributed by atoms with Crippen LogP contribution in [0.15, 0.2) is 60.9 Å². The fraction of sp³-hybridized carbons (Fsp3) is 0.226. The van der Waals surface area contributed by atoms with E-state index < -0.39 is 10.6 Å². The molecule has 1 amide bonds. The number of H-pyrrole nitrogens is 1. The minimum absolute atomic E-state index is 0.0495. The minimum Gasteiger partial charge on any atom is -0.359 e. The number of hydrogen-bond acceptors (Lipinski definition) is 7. The number of aromatic nitrogens is 5. The molecule has 0 spiro atoms. The lowest BCUT2D eigenvalue weighted by atomic mass is 9.95. The second-order valence-electron chi connectivity index (χ2n) is 10.9. The lowest BCUT2D eigenvalue weighted by Gasteiger charge is -2.35. The van der Waals surface area contributed by atoms with Gasteiger partial charge in [0.2, 0.25) is 5.95 Å². The molecular weight excluding hydrogens is 550 g/mol. The van der Waals surface area contributed by atoms with Crippen molar-refractivity contribution in [3.8, 4) is 11.3 Å². The van der Waals surface area contributed by atoms with Gasteiger partial charge in [-0.05, 0) is 54.7 Å². The number of rotatable bonds is 5. The van der Waals surface area contributed by atoms with Gasteiger partial charge in [-0.3, -0.25) is 18.6 Å². The molecule has 11 heteroatoms. The Morgan fingerprint density at radius 1 is 1.07 bits per heavy atom. The van der Waals surface area contributed by atoms with E-state index in [-0.39, 0.29) is 11.7 Å². The molecule has 0 saturated carbocycles. The van der Waals surface area contributed by atoms with E-state index in [1.807, 2.05) is 80.5 Å². The molecule has 2 aromatic carbocycles. The van der Waals surface area contributed by atoms with E-state index in [9.17, 15) is 13.9 Å². The van der Waals surface area contributed by atoms with Crippen molar-refractivity contribution < 1.29 is 13.9 Å². The highest BCUT2D eigenvalue weighted by atomic mass is 32.3. The second-order valence-corrected chi connectivity index (χ2v) is 13.3. The van der Waals surface area contributed by atoms with Gasteiger partial charge in [0.25, 0.3) is 5.91 Å². The van der Waals surface area contributed by atoms with E-state index in [1.165, 1.54) is 0 Å². The third-order valence-corrected chi connectivity index (χ3v) is 9.73. The third-order valence-electron chi connectivity index (χ3n) is 8.17. The van der Waals surface area contributed by atoms with Gasteiger partial charge in [0.1, 0.15) is 0 Å². The number of anilines is 3. The van der Waals surface area contributed by atoms with Crippen molar-refractivity contribution in [2.45, 2.75) is 26.8 Å². The zero-order valence-electron chi connectivity index (χ0n) is 23.5. The predicted molar refractivity (Wildman–Crippen MR) is 167 cm³/mol. The molecule has 0 atom stereocenters. The van der Waals surface area contributed by atoms with Crippen molar-refractivity contribution >= 4 is 50.4 Å². The molecule has 7 rings (SSSR count). The molecule has 42 heavy (non-hydrogen) atoms. The Kier molecular flexibility index (Phi) is 6.19. The maximum Gasteiger partial charge on any atom is 0.259 e. The third kappa shape index (κ3) is 4.46. The van der Waals surface area contributed by atoms with Crippen molar-refractivity contribution in [1.82, 2.24) is 24.7 Å². The van der Waals surface area contributed by atoms with E-state index in [1.54, 1.807) is 10.9 Å². The Morgan fingerprint density at radius 3 is 2.64 bits per heavy atom. The van der Waals surface area contributed by atoms with Gasteiger partial charge >= 0.3 is 0 Å². The summed E-state index contributed by atoms with van der Waals surface area (Å²) in [4.78, 5) is 28.3. The summed E-state index contributed by atoms with van der Waals surface area (Å²) >= 11 is 0. The topological polar surface area (TPSA) is 132 Å². The van der Waals surface area contributed by atoms with Gasteiger partial charge in [-0.2, -0.15) is 15.7 Å². The van der Waals surface area contributed by atoms with Crippen LogP contribution in [0.4, 0.5) is 17.5 Å². The van der Waals surface area contributed by atoms with Crippen LogP contribution in [0.2, 0.25) is 0 Å². The van der Waals surface area contributed by atoms with E-state index in [4.69, 9.17) is 4.98 Å². The fourth-order valence-electron chi connectivity index (χ4n) is 5.84. The Bertz CT molecular complexity index is 1900. The molecule has 0 unspecified atom stereocenters. The van der Waals surface area contributed by atoms with Crippen molar-refractivity contribution in [3.05, 3.63) is 88.9 Å². The van der Waals surface area contributed by atoms with Crippen LogP contribution in [0.3, 0.4) is 0 Å². The van der Waals surface area contributed by atoms with Gasteiger partial charge in [-0.1, -0.05) is 30.3 Å². The first-order chi connectivity index (χ1) is 20.2. The van der Waals surface area contributed by atoms with Crippen LogP contribution in [0, 0.1) is 13.8 Å². The van der Waals surface area contributed by atoms with Crippen molar-refractivity contribution in [2.24, 2.45) is 7.05 Å². The summed E-state index contributed by atoms with van der Waals surface area (Å²) in [6.07, 6.45) is 6.23. The van der Waals surface area contributed by atoms with Gasteiger partial charge in [-0.25, -0.2) is 9.97 Å². The quantitative estimate of drug-likeness (QED) is 0.188. The Morgan fingerprint density at radius 2 is 1.88 bits per heavy atom. The lowest BCUT2D eigenvalue weighted by Crippen LogP contribution is -2.23. The first kappa shape index (κ1) is 26.4. The van der Waals surface area contributed by atoms with E-state index in [2.05, 4.69) is 20.4 Å². The molecule has 10 nitrogen and oxygen atoms in total. The van der Waals surface area contributed by atoms with E-state index in [0.717, 1.165) is 55.8 Å². The largest absolute Gasteiger partial charge is 0.359 e. The van der Waals surface area contributed by atoms with Gasteiger partial charge in [-0.15, -0.1) is 0 Å². The molecule has 0 radical (unpaired) electrons. The van der Waals surface area contributed by atoms with E-state index >= 15 is 0 Å². The summed E-state index contributed by atoms with van der Waals surface area (Å²) in [6, 6.07) is 13.7. The zero-order valence-corrected chi connectivity index (χ0v) is 24.4. The minimum atomic E-state index is -2.54. The van der Waals surface area contributed by atoms with Crippen LogP contribution in [0.1, 0.15) is 39.2 Å². The number of carbonyl (C=O) groups is 1. The smallest absolute Gasteiger partial charge is 0.259 e. The highest BCUT2D eigenvalue weighted by Crippen LogP contribution is 2.46. The molecule has 3 aromatic heterocycles. The van der Waals surface area contributed by atoms with Gasteiger partial charge in [0.15, 0.2) is 5.82 Å². The second kappa shape index (κ2) is 9.83. The summed E-state index contributed by atoms with van der Waals surface area (Å²) in [5, 5.41) is 8.61. The van der Waals surface area contributed by atoms with Gasteiger partial charge < -0.3 is 15.2 Å². The molecule has 214 valence electrons. The van der Waals surface area contributed by atoms with E-state index in [0.29, 0.717) is 36.0 Å². The molecule has 4 N–H and O–H groups in total. The standard InChI is InChI=1S/C31H31N7O3S/c1-18-15-33-31(34-27-14-19(2)37(3)36-27)35-28(18)24-16-32-29-22(24)7-5-9-26(29)38-17-25-21(6-4-8-23(25)30(38)39)20-10-12-42(40,41)13-11-20/h4-10,14-16,32,40-41H,11-13,17H2,1-3H3,(H,33,34,35,36). The average molecular weight is 582 g/mol. The number of fused-ring (bicyclic) bond motifs is 2. The number of allylic oxidation sites excluding steroid dienone is 1. The number of nitrogens with zero attached hydrogens (tertiary/aromatic N) is 5. The van der Waals surface area contributed by atoms with Crippen molar-refractivity contribution in [1.29, 1.82) is 0 Å². The first-order valence-corrected chi connectivity index (χ1v) is 15.7. The van der Waals surface area contributed by atoms with Crippen molar-refractivity contribution in [2.75, 3.05) is 21.7 Å². The number of aryl methyl sites for hydroxylation is 3. The monoisotopic (exact) mass is 581 g/mol. The first-order valence-electron chi connectivity index (χ1n) is 13.8. The Hall–Kier alpha value is -4.45. The number of carbonyl (C=O) groups excluding carboxylic acids is 1. The highest BCUT2D eigenvalue weighted by Gasteiger charge is 2.33. The molecule has 0 aliphatic carbocycles. The number of aromatic amines is 1. The van der Waals surface area contributed by atoms with Crippen LogP contribution in [-0.4, -0.2) is 51.3 Å². The number of para-hydroxylation sites is 1. The highest BCUT2D eigenvalue weighted by molar-refractivity contribution is 8.24. The van der Waals surface area contributed by atoms with Crippen LogP contribution < -0.4 is 10.2 Å². The molecule has 2 aliphatic rings. The molecule has 0 bridgehead atoms. The maximum absolute atomic E-state index is 13.7. The molecule has 2 aliphatic heterocycles. The Labute approximate surface area is 244 Å². The van der Waals surface area contributed by atoms with Gasteiger partial charge in [0, 0.05) is 53.5 Å². The lowest BCUT2D eigenvalue weighted by molar-refractivity contribution is 0.0997. The van der Waals surface area contributed by atoms with Crippen LogP contribution >= 0.6 is 10.6 Å². The van der Waals surface area contributed by atoms with Crippen LogP contribution in [-0.2, 0) is 13.6 Å². The summed E-state index contributed by atoms with van der Waals surface area (Å²) in [6.45, 7) is 4.40. The summed E-state index contributed by atoms with van der Waals surface area (Å²) in [7, 11) is -0.656. The molecule has 5 aromatic rings. The number of nitrogens with one attached hydrogen (secondary N) is 2. The number of benzene rings is 2. The fourth-order valence-corrected chi connectivity index (χ4v) is 7.02. The predicted octanol–water partition coefficient (Wildman–Crippen LogP) is 6.42. The Balaban J connectivity index is 1.23. The summed E-state index contributed by atoms with van der Waals surface area (Å²) < 4.78 is 21.9. The number of amides is 1. The van der Waals surface area contributed by atoms with Crippen molar-refractivity contribution in [3.63, 3.8) is 0 Å². The summed E-state index contributed by atoms with van der Waals surface area (Å²) in [5.41, 5.74) is 9.05. The summed E-state index contributed by atoms with van der Waals surface area (Å²) in [5.74, 6) is 1.69. The molecule has 0 fully saturated rings. The molecule has 5 heterocycles. The average Bonchev–Trinajstić information content (AvgIpc) is 3.64. The molecular formula is C31H31N7O3S. The van der Waals surface area contributed by atoms with Crippen LogP contribution in [0.5, 0.6) is 0 Å². The number of hydrogen-bond donors (Lipinski definition) is 4. The SMILES string of the molecule is Cc1cnc(Nc2cc(C)n(C)n2)nc1-c1c[nH]c2c(N3Cc4c(cccc4C4=CCS(O)(O)CC4)C3=O)cccc12. The maximum atomic E-state index is 13.7. The van der Waals surface area contributed by atoms with Crippen LogP contribution in [0.25, 0.3) is 27.7 Å².